The van der Waals surface area contributed by atoms with E-state index in [0.717, 1.165) is 19.5 Å². The second-order valence-corrected chi connectivity index (χ2v) is 4.48. The Bertz CT molecular complexity index is 402. The molecule has 2 rings (SSSR count). The van der Waals surface area contributed by atoms with Crippen molar-refractivity contribution < 1.29 is 9.18 Å². The summed E-state index contributed by atoms with van der Waals surface area (Å²) < 4.78 is 12.8. The molecule has 0 saturated carbocycles. The van der Waals surface area contributed by atoms with Crippen LogP contribution in [0.2, 0.25) is 5.02 Å². The molecule has 0 aliphatic carbocycles. The molecule has 16 heavy (non-hydrogen) atoms. The van der Waals surface area contributed by atoms with E-state index < -0.39 is 0 Å². The average molecular weight is 242 g/mol. The second-order valence-electron chi connectivity index (χ2n) is 4.07. The molecule has 0 bridgehead atoms. The van der Waals surface area contributed by atoms with Gasteiger partial charge in [-0.1, -0.05) is 17.7 Å². The number of hydrogen-bond donors (Lipinski definition) is 1. The van der Waals surface area contributed by atoms with Crippen LogP contribution in [0.4, 0.5) is 4.39 Å². The average Bonchev–Trinajstić information content (AvgIpc) is 2.75. The summed E-state index contributed by atoms with van der Waals surface area (Å²) in [5.41, 5.74) is 0.708. The summed E-state index contributed by atoms with van der Waals surface area (Å²) in [6.07, 6.45) is 1.18. The van der Waals surface area contributed by atoms with Crippen LogP contribution >= 0.6 is 11.6 Å². The molecule has 1 N–H and O–H groups in total. The Morgan fingerprint density at radius 2 is 2.38 bits per heavy atom. The number of Topliss-reactive ketones (excluding diaryl/α,β-unsaturated/α-hetero) is 1. The molecule has 2 nitrogen and oxygen atoms in total. The van der Waals surface area contributed by atoms with Crippen molar-refractivity contribution in [1.82, 2.24) is 5.32 Å². The predicted octanol–water partition coefficient (Wildman–Crippen LogP) is 2.20. The maximum atomic E-state index is 12.8. The van der Waals surface area contributed by atoms with Crippen molar-refractivity contribution in [3.8, 4) is 0 Å². The van der Waals surface area contributed by atoms with Gasteiger partial charge in [-0.2, -0.15) is 0 Å². The summed E-state index contributed by atoms with van der Waals surface area (Å²) in [6, 6.07) is 4.16. The highest BCUT2D eigenvalue weighted by molar-refractivity contribution is 6.31. The Hall–Kier alpha value is -0.930. The van der Waals surface area contributed by atoms with Crippen LogP contribution in [0.25, 0.3) is 0 Å². The van der Waals surface area contributed by atoms with Crippen molar-refractivity contribution in [2.45, 2.75) is 12.8 Å². The van der Waals surface area contributed by atoms with E-state index in [-0.39, 0.29) is 17.5 Å². The minimum atomic E-state index is -0.372. The van der Waals surface area contributed by atoms with Gasteiger partial charge in [0.25, 0.3) is 0 Å². The molecule has 0 spiro atoms. The summed E-state index contributed by atoms with van der Waals surface area (Å²) in [5, 5.41) is 3.48. The van der Waals surface area contributed by atoms with Crippen molar-refractivity contribution in [1.29, 1.82) is 0 Å². The van der Waals surface area contributed by atoms with Crippen LogP contribution in [0, 0.1) is 11.7 Å². The monoisotopic (exact) mass is 241 g/mol. The quantitative estimate of drug-likeness (QED) is 0.879. The predicted molar refractivity (Wildman–Crippen MR) is 61.1 cm³/mol. The second kappa shape index (κ2) is 4.93. The topological polar surface area (TPSA) is 29.1 Å². The van der Waals surface area contributed by atoms with Gasteiger partial charge < -0.3 is 5.32 Å². The first-order valence-corrected chi connectivity index (χ1v) is 5.72. The summed E-state index contributed by atoms with van der Waals surface area (Å²) >= 11 is 5.87. The van der Waals surface area contributed by atoms with Crippen LogP contribution in [0.15, 0.2) is 18.2 Å². The normalized spacial score (nSPS) is 20.0. The number of hydrogen-bond acceptors (Lipinski definition) is 2. The minimum absolute atomic E-state index is 0.0844. The first kappa shape index (κ1) is 11.6. The van der Waals surface area contributed by atoms with E-state index in [1.165, 1.54) is 12.1 Å². The molecule has 1 aliphatic rings. The van der Waals surface area contributed by atoms with Gasteiger partial charge in [-0.25, -0.2) is 4.39 Å². The fraction of sp³-hybridized carbons (Fsp3) is 0.417. The third-order valence-electron chi connectivity index (χ3n) is 2.90. The highest BCUT2D eigenvalue weighted by atomic mass is 35.5. The Kier molecular flexibility index (Phi) is 3.56. The Balaban J connectivity index is 2.05. The van der Waals surface area contributed by atoms with Gasteiger partial charge in [0.15, 0.2) is 0 Å². The summed E-state index contributed by atoms with van der Waals surface area (Å²) in [4.78, 5) is 11.9. The van der Waals surface area contributed by atoms with Crippen LogP contribution in [0.1, 0.15) is 12.0 Å². The van der Waals surface area contributed by atoms with Crippen LogP contribution in [0.3, 0.4) is 0 Å². The fourth-order valence-corrected chi connectivity index (χ4v) is 2.16. The number of nitrogens with one attached hydrogen (secondary N) is 1. The lowest BCUT2D eigenvalue weighted by atomic mass is 9.97. The molecule has 0 aromatic heterocycles. The standard InChI is InChI=1S/C12H13ClFNO/c13-11-6-10(14)2-1-8(11)5-12(16)9-3-4-15-7-9/h1-2,6,9,15H,3-5,7H2. The van der Waals surface area contributed by atoms with Gasteiger partial charge in [0.2, 0.25) is 0 Å². The van der Waals surface area contributed by atoms with Crippen LogP contribution in [-0.4, -0.2) is 18.9 Å². The molecule has 1 aromatic carbocycles. The van der Waals surface area contributed by atoms with Crippen LogP contribution in [0.5, 0.6) is 0 Å². The third kappa shape index (κ3) is 2.60. The zero-order valence-electron chi connectivity index (χ0n) is 8.80. The smallest absolute Gasteiger partial charge is 0.141 e. The molecule has 0 amide bonds. The van der Waals surface area contributed by atoms with Crippen molar-refractivity contribution in [3.63, 3.8) is 0 Å². The zero-order valence-corrected chi connectivity index (χ0v) is 9.56. The molecular weight excluding hydrogens is 229 g/mol. The van der Waals surface area contributed by atoms with Crippen molar-refractivity contribution in [2.24, 2.45) is 5.92 Å². The van der Waals surface area contributed by atoms with E-state index in [1.54, 1.807) is 6.07 Å². The summed E-state index contributed by atoms with van der Waals surface area (Å²) in [6.45, 7) is 1.64. The van der Waals surface area contributed by atoms with Crippen molar-refractivity contribution in [2.75, 3.05) is 13.1 Å². The van der Waals surface area contributed by atoms with Crippen LogP contribution < -0.4 is 5.32 Å². The van der Waals surface area contributed by atoms with E-state index in [2.05, 4.69) is 5.32 Å². The number of benzene rings is 1. The lowest BCUT2D eigenvalue weighted by molar-refractivity contribution is -0.121. The number of halogens is 2. The molecule has 1 unspecified atom stereocenters. The molecule has 0 radical (unpaired) electrons. The molecule has 1 atom stereocenters. The lowest BCUT2D eigenvalue weighted by Crippen LogP contribution is -2.19. The molecule has 1 saturated heterocycles. The highest BCUT2D eigenvalue weighted by Crippen LogP contribution is 2.20. The maximum Gasteiger partial charge on any atom is 0.141 e. The largest absolute Gasteiger partial charge is 0.316 e. The van der Waals surface area contributed by atoms with Gasteiger partial charge in [-0.15, -0.1) is 0 Å². The van der Waals surface area contributed by atoms with E-state index in [0.29, 0.717) is 17.0 Å². The van der Waals surface area contributed by atoms with Gasteiger partial charge in [0.1, 0.15) is 11.6 Å². The summed E-state index contributed by atoms with van der Waals surface area (Å²) in [7, 11) is 0. The van der Waals surface area contributed by atoms with Gasteiger partial charge in [-0.05, 0) is 30.7 Å². The number of carbonyl (C=O) groups excluding carboxylic acids is 1. The molecule has 1 heterocycles. The first-order chi connectivity index (χ1) is 7.66. The van der Waals surface area contributed by atoms with E-state index in [1.807, 2.05) is 0 Å². The molecular formula is C12H13ClFNO. The zero-order chi connectivity index (χ0) is 11.5. The first-order valence-electron chi connectivity index (χ1n) is 5.34. The lowest BCUT2D eigenvalue weighted by Gasteiger charge is -2.08. The summed E-state index contributed by atoms with van der Waals surface area (Å²) in [5.74, 6) is -0.108. The molecule has 1 fully saturated rings. The van der Waals surface area contributed by atoms with Gasteiger partial charge in [0, 0.05) is 23.9 Å². The van der Waals surface area contributed by atoms with Gasteiger partial charge in [-0.3, -0.25) is 4.79 Å². The van der Waals surface area contributed by atoms with Gasteiger partial charge >= 0.3 is 0 Å². The molecule has 4 heteroatoms. The van der Waals surface area contributed by atoms with Crippen molar-refractivity contribution in [3.05, 3.63) is 34.6 Å². The number of rotatable bonds is 3. The third-order valence-corrected chi connectivity index (χ3v) is 3.25. The molecule has 1 aliphatic heterocycles. The van der Waals surface area contributed by atoms with Gasteiger partial charge in [0.05, 0.1) is 0 Å². The highest BCUT2D eigenvalue weighted by Gasteiger charge is 2.22. The van der Waals surface area contributed by atoms with Crippen molar-refractivity contribution >= 4 is 17.4 Å². The van der Waals surface area contributed by atoms with E-state index in [4.69, 9.17) is 11.6 Å². The molecule has 1 aromatic rings. The van der Waals surface area contributed by atoms with Crippen LogP contribution in [-0.2, 0) is 11.2 Å². The Morgan fingerprint density at radius 3 is 3.00 bits per heavy atom. The maximum absolute atomic E-state index is 12.8. The number of carbonyl (C=O) groups is 1. The van der Waals surface area contributed by atoms with E-state index >= 15 is 0 Å². The molecule has 86 valence electrons. The Labute approximate surface area is 98.8 Å². The Morgan fingerprint density at radius 1 is 1.56 bits per heavy atom. The van der Waals surface area contributed by atoms with E-state index in [9.17, 15) is 9.18 Å². The fourth-order valence-electron chi connectivity index (χ4n) is 1.93. The minimum Gasteiger partial charge on any atom is -0.316 e. The number of ketones is 1. The SMILES string of the molecule is O=C(Cc1ccc(F)cc1Cl)C1CCNC1.